The number of carbonyl (C=O) groups excluding carboxylic acids is 1. The maximum atomic E-state index is 12.8. The van der Waals surface area contributed by atoms with Crippen LogP contribution >= 0.6 is 11.6 Å². The number of nitrogen functional groups attached to an aromatic ring is 1. The molecule has 0 aliphatic rings. The predicted octanol–water partition coefficient (Wildman–Crippen LogP) is 5.21. The number of halogens is 1. The van der Waals surface area contributed by atoms with Gasteiger partial charge in [0, 0.05) is 22.5 Å². The third-order valence-corrected chi connectivity index (χ3v) is 4.42. The molecule has 0 aromatic heterocycles. The minimum Gasteiger partial charge on any atom is -0.495 e. The van der Waals surface area contributed by atoms with Crippen LogP contribution in [0.1, 0.15) is 21.5 Å². The van der Waals surface area contributed by atoms with E-state index in [9.17, 15) is 4.79 Å². The molecular weight excluding hydrogens is 348 g/mol. The van der Waals surface area contributed by atoms with E-state index in [0.717, 1.165) is 22.7 Å². The highest BCUT2D eigenvalue weighted by Crippen LogP contribution is 2.30. The molecule has 3 aromatic carbocycles. The first-order valence-electron chi connectivity index (χ1n) is 8.10. The summed E-state index contributed by atoms with van der Waals surface area (Å²) in [5.41, 5.74) is 9.79. The molecule has 3 N–H and O–H groups in total. The molecule has 132 valence electrons. The number of ketones is 1. The Kier molecular flexibility index (Phi) is 5.14. The van der Waals surface area contributed by atoms with Crippen LogP contribution in [0.5, 0.6) is 5.75 Å². The van der Waals surface area contributed by atoms with Crippen molar-refractivity contribution in [2.45, 2.75) is 6.92 Å². The Balaban J connectivity index is 1.90. The van der Waals surface area contributed by atoms with Gasteiger partial charge in [0.25, 0.3) is 0 Å². The lowest BCUT2D eigenvalue weighted by molar-refractivity contribution is 0.103. The second kappa shape index (κ2) is 7.50. The van der Waals surface area contributed by atoms with Gasteiger partial charge in [-0.05, 0) is 55.0 Å². The van der Waals surface area contributed by atoms with Crippen LogP contribution in [0.15, 0.2) is 60.7 Å². The number of para-hydroxylation sites is 2. The van der Waals surface area contributed by atoms with Gasteiger partial charge in [-0.2, -0.15) is 0 Å². The molecular formula is C21H19ClN2O2. The summed E-state index contributed by atoms with van der Waals surface area (Å²) in [6.45, 7) is 1.87. The second-order valence-electron chi connectivity index (χ2n) is 5.92. The van der Waals surface area contributed by atoms with Crippen LogP contribution in [0.25, 0.3) is 0 Å². The lowest BCUT2D eigenvalue weighted by Gasteiger charge is -2.13. The van der Waals surface area contributed by atoms with E-state index in [2.05, 4.69) is 5.32 Å². The van der Waals surface area contributed by atoms with E-state index in [1.165, 1.54) is 0 Å². The van der Waals surface area contributed by atoms with Crippen molar-refractivity contribution < 1.29 is 9.53 Å². The van der Waals surface area contributed by atoms with Crippen LogP contribution in [-0.4, -0.2) is 12.9 Å². The molecule has 0 amide bonds. The van der Waals surface area contributed by atoms with Crippen LogP contribution < -0.4 is 15.8 Å². The highest BCUT2D eigenvalue weighted by atomic mass is 35.5. The first-order valence-corrected chi connectivity index (χ1v) is 8.48. The fourth-order valence-electron chi connectivity index (χ4n) is 2.71. The monoisotopic (exact) mass is 366 g/mol. The number of carbonyl (C=O) groups is 1. The van der Waals surface area contributed by atoms with E-state index in [1.54, 1.807) is 31.4 Å². The summed E-state index contributed by atoms with van der Waals surface area (Å²) in [5.74, 6) is 0.572. The maximum Gasteiger partial charge on any atom is 0.194 e. The Labute approximate surface area is 157 Å². The summed E-state index contributed by atoms with van der Waals surface area (Å²) in [4.78, 5) is 12.8. The molecule has 3 aromatic rings. The zero-order chi connectivity index (χ0) is 18.7. The molecule has 0 unspecified atom stereocenters. The summed E-state index contributed by atoms with van der Waals surface area (Å²) in [7, 11) is 1.61. The van der Waals surface area contributed by atoms with Gasteiger partial charge in [0.1, 0.15) is 5.75 Å². The van der Waals surface area contributed by atoms with Crippen molar-refractivity contribution >= 4 is 34.4 Å². The third kappa shape index (κ3) is 3.65. The second-order valence-corrected chi connectivity index (χ2v) is 6.33. The smallest absolute Gasteiger partial charge is 0.194 e. The lowest BCUT2D eigenvalue weighted by Crippen LogP contribution is -2.06. The molecule has 0 bridgehead atoms. The van der Waals surface area contributed by atoms with Crippen LogP contribution in [0.4, 0.5) is 17.1 Å². The fraction of sp³-hybridized carbons (Fsp3) is 0.0952. The summed E-state index contributed by atoms with van der Waals surface area (Å²) in [6, 6.07) is 18.1. The number of anilines is 3. The van der Waals surface area contributed by atoms with E-state index >= 15 is 0 Å². The van der Waals surface area contributed by atoms with Crippen LogP contribution in [0, 0.1) is 6.92 Å². The number of hydrogen-bond donors (Lipinski definition) is 2. The highest BCUT2D eigenvalue weighted by Gasteiger charge is 2.16. The van der Waals surface area contributed by atoms with Crippen molar-refractivity contribution in [2.24, 2.45) is 0 Å². The topological polar surface area (TPSA) is 64.3 Å². The molecule has 0 fully saturated rings. The van der Waals surface area contributed by atoms with Gasteiger partial charge in [0.15, 0.2) is 5.78 Å². The number of rotatable bonds is 5. The normalized spacial score (nSPS) is 10.4. The average Bonchev–Trinajstić information content (AvgIpc) is 2.64. The molecule has 4 nitrogen and oxygen atoms in total. The summed E-state index contributed by atoms with van der Waals surface area (Å²) in [6.07, 6.45) is 0. The summed E-state index contributed by atoms with van der Waals surface area (Å²) >= 11 is 6.38. The van der Waals surface area contributed by atoms with Gasteiger partial charge in [-0.25, -0.2) is 0 Å². The Bertz CT molecular complexity index is 970. The quantitative estimate of drug-likeness (QED) is 0.480. The molecule has 0 saturated carbocycles. The van der Waals surface area contributed by atoms with Crippen LogP contribution in [0.3, 0.4) is 0 Å². The van der Waals surface area contributed by atoms with Crippen molar-refractivity contribution in [2.75, 3.05) is 18.2 Å². The number of methoxy groups -OCH3 is 1. The minimum absolute atomic E-state index is 0.149. The molecule has 0 radical (unpaired) electrons. The van der Waals surface area contributed by atoms with Gasteiger partial charge in [-0.15, -0.1) is 0 Å². The molecule has 3 rings (SSSR count). The number of nitrogens with one attached hydrogen (secondary N) is 1. The van der Waals surface area contributed by atoms with E-state index in [0.29, 0.717) is 21.8 Å². The molecule has 0 spiro atoms. The lowest BCUT2D eigenvalue weighted by atomic mass is 9.98. The van der Waals surface area contributed by atoms with Crippen molar-refractivity contribution in [1.82, 2.24) is 0 Å². The Morgan fingerprint density at radius 1 is 1.04 bits per heavy atom. The van der Waals surface area contributed by atoms with Gasteiger partial charge in [-0.1, -0.05) is 29.8 Å². The van der Waals surface area contributed by atoms with E-state index < -0.39 is 0 Å². The molecule has 0 atom stereocenters. The fourth-order valence-corrected chi connectivity index (χ4v) is 2.98. The Morgan fingerprint density at radius 2 is 1.81 bits per heavy atom. The van der Waals surface area contributed by atoms with E-state index in [4.69, 9.17) is 22.1 Å². The number of nitrogens with two attached hydrogens (primary N) is 1. The predicted molar refractivity (Wildman–Crippen MR) is 107 cm³/mol. The van der Waals surface area contributed by atoms with Gasteiger partial charge in [0.05, 0.1) is 17.8 Å². The van der Waals surface area contributed by atoms with Gasteiger partial charge in [0.2, 0.25) is 0 Å². The summed E-state index contributed by atoms with van der Waals surface area (Å²) < 4.78 is 5.33. The molecule has 26 heavy (non-hydrogen) atoms. The first-order chi connectivity index (χ1) is 12.5. The average molecular weight is 367 g/mol. The van der Waals surface area contributed by atoms with Crippen molar-refractivity contribution in [3.05, 3.63) is 82.4 Å². The zero-order valence-corrected chi connectivity index (χ0v) is 15.3. The Hall–Kier alpha value is -2.98. The SMILES string of the molecule is COc1ccccc1Nc1ccc(C(=O)c2cc(N)ccc2C)c(Cl)c1. The van der Waals surface area contributed by atoms with Gasteiger partial charge in [-0.3, -0.25) is 4.79 Å². The zero-order valence-electron chi connectivity index (χ0n) is 14.5. The largest absolute Gasteiger partial charge is 0.495 e. The van der Waals surface area contributed by atoms with E-state index in [-0.39, 0.29) is 5.78 Å². The number of ether oxygens (including phenoxy) is 1. The molecule has 0 aliphatic heterocycles. The minimum atomic E-state index is -0.149. The molecule has 0 heterocycles. The summed E-state index contributed by atoms with van der Waals surface area (Å²) in [5, 5.41) is 3.62. The third-order valence-electron chi connectivity index (χ3n) is 4.11. The number of hydrogen-bond acceptors (Lipinski definition) is 4. The van der Waals surface area contributed by atoms with Crippen molar-refractivity contribution in [3.8, 4) is 5.75 Å². The molecule has 0 aliphatic carbocycles. The maximum absolute atomic E-state index is 12.8. The van der Waals surface area contributed by atoms with Crippen LogP contribution in [-0.2, 0) is 0 Å². The standard InChI is InChI=1S/C21H19ClN2O2/c1-13-7-8-14(23)11-17(13)21(25)16-10-9-15(12-18(16)22)24-19-5-3-4-6-20(19)26-2/h3-12,24H,23H2,1-2H3. The van der Waals surface area contributed by atoms with Crippen molar-refractivity contribution in [3.63, 3.8) is 0 Å². The van der Waals surface area contributed by atoms with Gasteiger partial charge >= 0.3 is 0 Å². The first kappa shape index (κ1) is 17.8. The number of aryl methyl sites for hydroxylation is 1. The molecule has 5 heteroatoms. The van der Waals surface area contributed by atoms with E-state index in [1.807, 2.05) is 43.3 Å². The van der Waals surface area contributed by atoms with Crippen LogP contribution in [0.2, 0.25) is 5.02 Å². The number of benzene rings is 3. The van der Waals surface area contributed by atoms with Gasteiger partial charge < -0.3 is 15.8 Å². The highest BCUT2D eigenvalue weighted by molar-refractivity contribution is 6.35. The Morgan fingerprint density at radius 3 is 2.54 bits per heavy atom. The molecule has 0 saturated heterocycles. The van der Waals surface area contributed by atoms with Crippen molar-refractivity contribution in [1.29, 1.82) is 0 Å².